The highest BCUT2D eigenvalue weighted by Crippen LogP contribution is 2.45. The molecule has 0 radical (unpaired) electrons. The van der Waals surface area contributed by atoms with Crippen LogP contribution < -0.4 is 0 Å². The highest BCUT2D eigenvalue weighted by Gasteiger charge is 2.45. The van der Waals surface area contributed by atoms with Gasteiger partial charge in [0, 0.05) is 10.7 Å². The Morgan fingerprint density at radius 3 is 2.04 bits per heavy atom. The Morgan fingerprint density at radius 2 is 1.65 bits per heavy atom. The number of carbonyl (C=O) groups is 1. The number of hydrogen-bond donors (Lipinski definition) is 1. The maximum atomic E-state index is 13.4. The van der Waals surface area contributed by atoms with Crippen molar-refractivity contribution in [2.45, 2.75) is 51.1 Å². The maximum absolute atomic E-state index is 13.4. The fraction of sp³-hybridized carbons (Fsp3) is 0.533. The van der Waals surface area contributed by atoms with Crippen LogP contribution in [0.5, 0.6) is 0 Å². The Hall–Kier alpha value is 0.670. The second-order valence-corrected chi connectivity index (χ2v) is 8.65. The van der Waals surface area contributed by atoms with Gasteiger partial charge < -0.3 is 5.11 Å². The normalized spacial score (nSPS) is 14.6. The number of unbranched alkanes of at least 4 members (excludes halogenated alkanes) is 1. The van der Waals surface area contributed by atoms with Gasteiger partial charge in [-0.3, -0.25) is 4.79 Å². The largest absolute Gasteiger partial charge is 0.481 e. The van der Waals surface area contributed by atoms with Crippen LogP contribution in [0.3, 0.4) is 0 Å². The van der Waals surface area contributed by atoms with Crippen molar-refractivity contribution < 1.29 is 23.1 Å². The molecule has 0 aliphatic rings. The quantitative estimate of drug-likeness (QED) is 0.355. The number of aliphatic carboxylic acids is 1. The van der Waals surface area contributed by atoms with Crippen LogP contribution in [0.2, 0.25) is 0 Å². The van der Waals surface area contributed by atoms with Gasteiger partial charge in [-0.1, -0.05) is 26.7 Å². The molecule has 8 heteroatoms. The van der Waals surface area contributed by atoms with Crippen LogP contribution in [-0.2, 0) is 16.4 Å². The van der Waals surface area contributed by atoms with E-state index in [1.807, 2.05) is 29.5 Å². The molecule has 2 nitrogen and oxygen atoms in total. The van der Waals surface area contributed by atoms with E-state index < -0.39 is 23.1 Å². The van der Waals surface area contributed by atoms with Gasteiger partial charge in [0.15, 0.2) is 0 Å². The average molecular weight is 666 g/mol. The third kappa shape index (κ3) is 4.45. The first-order chi connectivity index (χ1) is 10.5. The summed E-state index contributed by atoms with van der Waals surface area (Å²) >= 11 is 5.27. The molecule has 0 saturated heterocycles. The standard InChI is InChI=1S/C15H16F3I3O2/c1-3-5-6-14(4-2,13(22)23)10-8(19)7-9(20)11(12(10)21)15(16,17)18/h7H,3-6H2,1-2H3,(H,22,23). The summed E-state index contributed by atoms with van der Waals surface area (Å²) in [4.78, 5) is 12.0. The molecule has 130 valence electrons. The molecule has 0 heterocycles. The lowest BCUT2D eigenvalue weighted by atomic mass is 9.74. The summed E-state index contributed by atoms with van der Waals surface area (Å²) in [6, 6.07) is 1.43. The van der Waals surface area contributed by atoms with Crippen LogP contribution in [0.1, 0.15) is 50.7 Å². The predicted octanol–water partition coefficient (Wildman–Crippen LogP) is 6.44. The van der Waals surface area contributed by atoms with Crippen molar-refractivity contribution in [3.05, 3.63) is 27.9 Å². The highest BCUT2D eigenvalue weighted by molar-refractivity contribution is 14.1. The minimum Gasteiger partial charge on any atom is -0.481 e. The van der Waals surface area contributed by atoms with E-state index >= 15 is 0 Å². The van der Waals surface area contributed by atoms with Crippen LogP contribution >= 0.6 is 67.8 Å². The van der Waals surface area contributed by atoms with Gasteiger partial charge >= 0.3 is 12.1 Å². The van der Waals surface area contributed by atoms with Crippen LogP contribution in [0, 0.1) is 10.7 Å². The Labute approximate surface area is 174 Å². The molecule has 1 aromatic carbocycles. The van der Waals surface area contributed by atoms with E-state index in [0.29, 0.717) is 22.0 Å². The molecule has 1 N–H and O–H groups in total. The van der Waals surface area contributed by atoms with E-state index in [1.54, 1.807) is 52.1 Å². The predicted molar refractivity (Wildman–Crippen MR) is 109 cm³/mol. The molecule has 1 aromatic rings. The highest BCUT2D eigenvalue weighted by atomic mass is 127. The van der Waals surface area contributed by atoms with Gasteiger partial charge in [-0.2, -0.15) is 13.2 Å². The van der Waals surface area contributed by atoms with Crippen molar-refractivity contribution in [1.82, 2.24) is 0 Å². The van der Waals surface area contributed by atoms with Crippen molar-refractivity contribution in [1.29, 1.82) is 0 Å². The van der Waals surface area contributed by atoms with Crippen molar-refractivity contribution in [3.63, 3.8) is 0 Å². The number of rotatable bonds is 6. The van der Waals surface area contributed by atoms with E-state index in [0.717, 1.165) is 6.42 Å². The summed E-state index contributed by atoms with van der Waals surface area (Å²) in [5, 5.41) is 9.83. The minimum absolute atomic E-state index is 0.00625. The molecule has 0 bridgehead atoms. The molecule has 0 saturated carbocycles. The van der Waals surface area contributed by atoms with Gasteiger partial charge in [-0.25, -0.2) is 0 Å². The topological polar surface area (TPSA) is 37.3 Å². The molecule has 1 rings (SSSR count). The Morgan fingerprint density at radius 1 is 1.13 bits per heavy atom. The van der Waals surface area contributed by atoms with Crippen LogP contribution in [0.4, 0.5) is 13.2 Å². The van der Waals surface area contributed by atoms with Gasteiger partial charge in [0.25, 0.3) is 0 Å². The van der Waals surface area contributed by atoms with Gasteiger partial charge in [-0.05, 0) is 92.2 Å². The molecular weight excluding hydrogens is 650 g/mol. The summed E-state index contributed by atoms with van der Waals surface area (Å²) in [7, 11) is 0. The van der Waals surface area contributed by atoms with Gasteiger partial charge in [0.2, 0.25) is 0 Å². The van der Waals surface area contributed by atoms with Crippen LogP contribution in [0.25, 0.3) is 0 Å². The summed E-state index contributed by atoms with van der Waals surface area (Å²) < 4.78 is 40.9. The van der Waals surface area contributed by atoms with Gasteiger partial charge in [0.05, 0.1) is 11.0 Å². The molecule has 0 aliphatic carbocycles. The zero-order chi connectivity index (χ0) is 18.0. The molecular formula is C15H16F3I3O2. The van der Waals surface area contributed by atoms with Gasteiger partial charge in [-0.15, -0.1) is 0 Å². The van der Waals surface area contributed by atoms with E-state index in [9.17, 15) is 23.1 Å². The molecule has 1 unspecified atom stereocenters. The molecule has 0 aromatic heterocycles. The van der Waals surface area contributed by atoms with E-state index in [2.05, 4.69) is 0 Å². The average Bonchev–Trinajstić information content (AvgIpc) is 2.39. The summed E-state index contributed by atoms with van der Waals surface area (Å²) in [5.74, 6) is -1.06. The smallest absolute Gasteiger partial charge is 0.418 e. The van der Waals surface area contributed by atoms with E-state index in [-0.39, 0.29) is 13.6 Å². The number of halogens is 6. The van der Waals surface area contributed by atoms with Crippen LogP contribution in [0.15, 0.2) is 6.07 Å². The number of carboxylic acids is 1. The molecule has 0 amide bonds. The first-order valence-electron chi connectivity index (χ1n) is 7.01. The minimum atomic E-state index is -4.51. The third-order valence-electron chi connectivity index (χ3n) is 3.90. The Kier molecular flexibility index (Phi) is 7.90. The van der Waals surface area contributed by atoms with Crippen molar-refractivity contribution in [2.75, 3.05) is 0 Å². The molecule has 1 atom stereocenters. The monoisotopic (exact) mass is 666 g/mol. The molecule has 23 heavy (non-hydrogen) atoms. The zero-order valence-electron chi connectivity index (χ0n) is 12.5. The number of carboxylic acid groups (broad SMARTS) is 1. The third-order valence-corrected chi connectivity index (χ3v) is 6.68. The second kappa shape index (κ2) is 8.37. The Balaban J connectivity index is 3.76. The maximum Gasteiger partial charge on any atom is 0.418 e. The van der Waals surface area contributed by atoms with Crippen molar-refractivity contribution in [3.8, 4) is 0 Å². The lowest BCUT2D eigenvalue weighted by molar-refractivity contribution is -0.145. The fourth-order valence-corrected chi connectivity index (χ4v) is 7.63. The number of benzene rings is 1. The van der Waals surface area contributed by atoms with E-state index in [4.69, 9.17) is 0 Å². The van der Waals surface area contributed by atoms with Gasteiger partial charge in [0.1, 0.15) is 0 Å². The SMILES string of the molecule is CCCCC(CC)(C(=O)O)c1c(I)cc(I)c(C(F)(F)F)c1I. The van der Waals surface area contributed by atoms with E-state index in [1.165, 1.54) is 6.07 Å². The lowest BCUT2D eigenvalue weighted by Gasteiger charge is -2.32. The molecule has 0 fully saturated rings. The number of alkyl halides is 3. The second-order valence-electron chi connectivity index (χ2n) is 5.25. The first kappa shape index (κ1) is 21.7. The Bertz CT molecular complexity index is 603. The number of hydrogen-bond acceptors (Lipinski definition) is 1. The van der Waals surface area contributed by atoms with Crippen LogP contribution in [-0.4, -0.2) is 11.1 Å². The molecule has 0 aliphatic heterocycles. The summed E-state index contributed by atoms with van der Waals surface area (Å²) in [6.45, 7) is 3.66. The molecule has 0 spiro atoms. The van der Waals surface area contributed by atoms with Crippen molar-refractivity contribution in [2.24, 2.45) is 0 Å². The lowest BCUT2D eigenvalue weighted by Crippen LogP contribution is -2.37. The zero-order valence-corrected chi connectivity index (χ0v) is 19.0. The summed E-state index contributed by atoms with van der Waals surface area (Å²) in [5.41, 5.74) is -1.72. The fourth-order valence-electron chi connectivity index (χ4n) is 2.61. The summed E-state index contributed by atoms with van der Waals surface area (Å²) in [6.07, 6.45) is -2.47. The van der Waals surface area contributed by atoms with Crippen molar-refractivity contribution >= 4 is 73.7 Å². The first-order valence-corrected chi connectivity index (χ1v) is 10.2.